The third kappa shape index (κ3) is 4.77. The smallest absolute Gasteiger partial charge is 0.227 e. The summed E-state index contributed by atoms with van der Waals surface area (Å²) in [5.74, 6) is 3.20. The number of rotatable bonds is 9. The topological polar surface area (TPSA) is 74.1 Å². The molecule has 3 aromatic heterocycles. The Labute approximate surface area is 189 Å². The molecule has 0 aliphatic carbocycles. The van der Waals surface area contributed by atoms with Gasteiger partial charge in [0, 0.05) is 35.3 Å². The van der Waals surface area contributed by atoms with E-state index in [1.54, 1.807) is 29.3 Å². The summed E-state index contributed by atoms with van der Waals surface area (Å²) < 4.78 is 14.4. The standard InChI is InChI=1S/C22H25N5O2S2/c1-14-20(17-7-6-16(10-18(17)28-3)29-8-5-9-30-4)21-19(31-14)12-23-22(26-21)25-15-11-24-27(2)13-15/h6-7,10-13H,5,8-9H2,1-4H3,(H,23,25,26). The van der Waals surface area contributed by atoms with Crippen LogP contribution in [0.3, 0.4) is 0 Å². The van der Waals surface area contributed by atoms with E-state index < -0.39 is 0 Å². The molecule has 0 spiro atoms. The molecule has 0 amide bonds. The molecule has 9 heteroatoms. The number of methoxy groups -OCH3 is 1. The second-order valence-corrected chi connectivity index (χ2v) is 9.27. The number of nitrogens with one attached hydrogen (secondary N) is 1. The van der Waals surface area contributed by atoms with Crippen molar-refractivity contribution in [1.29, 1.82) is 0 Å². The first-order valence-electron chi connectivity index (χ1n) is 9.91. The van der Waals surface area contributed by atoms with Crippen LogP contribution in [0.15, 0.2) is 36.8 Å². The van der Waals surface area contributed by atoms with E-state index in [0.717, 1.165) is 55.6 Å². The molecule has 4 rings (SSSR count). The third-order valence-electron chi connectivity index (χ3n) is 4.77. The van der Waals surface area contributed by atoms with Crippen LogP contribution in [0.2, 0.25) is 0 Å². The fourth-order valence-electron chi connectivity index (χ4n) is 3.36. The summed E-state index contributed by atoms with van der Waals surface area (Å²) >= 11 is 3.50. The van der Waals surface area contributed by atoms with Crippen molar-refractivity contribution in [3.63, 3.8) is 0 Å². The second kappa shape index (κ2) is 9.57. The van der Waals surface area contributed by atoms with Crippen LogP contribution in [0.1, 0.15) is 11.3 Å². The van der Waals surface area contributed by atoms with Gasteiger partial charge in [0.1, 0.15) is 11.5 Å². The van der Waals surface area contributed by atoms with Crippen molar-refractivity contribution in [2.45, 2.75) is 13.3 Å². The van der Waals surface area contributed by atoms with Gasteiger partial charge in [0.05, 0.1) is 42.0 Å². The van der Waals surface area contributed by atoms with Crippen molar-refractivity contribution in [1.82, 2.24) is 19.7 Å². The summed E-state index contributed by atoms with van der Waals surface area (Å²) in [6, 6.07) is 6.00. The number of nitrogens with zero attached hydrogens (tertiary/aromatic N) is 4. The van der Waals surface area contributed by atoms with Gasteiger partial charge in [-0.05, 0) is 37.5 Å². The van der Waals surface area contributed by atoms with Gasteiger partial charge >= 0.3 is 0 Å². The largest absolute Gasteiger partial charge is 0.496 e. The van der Waals surface area contributed by atoms with E-state index in [1.807, 2.05) is 49.4 Å². The maximum atomic E-state index is 5.89. The zero-order chi connectivity index (χ0) is 21.8. The highest BCUT2D eigenvalue weighted by molar-refractivity contribution is 7.98. The van der Waals surface area contributed by atoms with Gasteiger partial charge in [-0.15, -0.1) is 11.3 Å². The Bertz CT molecular complexity index is 1190. The summed E-state index contributed by atoms with van der Waals surface area (Å²) in [5.41, 5.74) is 3.79. The molecule has 0 bridgehead atoms. The Kier molecular flexibility index (Phi) is 6.62. The molecule has 7 nitrogen and oxygen atoms in total. The van der Waals surface area contributed by atoms with Crippen molar-refractivity contribution in [3.05, 3.63) is 41.7 Å². The lowest BCUT2D eigenvalue weighted by atomic mass is 10.0. The van der Waals surface area contributed by atoms with Gasteiger partial charge in [0.2, 0.25) is 5.95 Å². The summed E-state index contributed by atoms with van der Waals surface area (Å²) in [7, 11) is 3.56. The lowest BCUT2D eigenvalue weighted by Gasteiger charge is -2.12. The molecule has 1 N–H and O–H groups in total. The van der Waals surface area contributed by atoms with Crippen LogP contribution < -0.4 is 14.8 Å². The number of anilines is 2. The van der Waals surface area contributed by atoms with E-state index in [9.17, 15) is 0 Å². The average Bonchev–Trinajstić information content (AvgIpc) is 3.32. The van der Waals surface area contributed by atoms with Gasteiger partial charge in [-0.3, -0.25) is 4.68 Å². The molecule has 162 valence electrons. The Morgan fingerprint density at radius 1 is 1.26 bits per heavy atom. The number of ether oxygens (including phenoxy) is 2. The van der Waals surface area contributed by atoms with Gasteiger partial charge in [0.25, 0.3) is 0 Å². The molecular formula is C22H25N5O2S2. The molecule has 0 saturated carbocycles. The highest BCUT2D eigenvalue weighted by Gasteiger charge is 2.18. The number of benzene rings is 1. The van der Waals surface area contributed by atoms with Crippen LogP contribution >= 0.6 is 23.1 Å². The van der Waals surface area contributed by atoms with E-state index in [4.69, 9.17) is 14.5 Å². The lowest BCUT2D eigenvalue weighted by molar-refractivity contribution is 0.316. The first-order valence-corrected chi connectivity index (χ1v) is 12.1. The van der Waals surface area contributed by atoms with Gasteiger partial charge in [-0.25, -0.2) is 9.97 Å². The van der Waals surface area contributed by atoms with Crippen LogP contribution in [-0.2, 0) is 7.05 Å². The summed E-state index contributed by atoms with van der Waals surface area (Å²) in [5, 5.41) is 7.40. The summed E-state index contributed by atoms with van der Waals surface area (Å²) in [6.45, 7) is 2.79. The van der Waals surface area contributed by atoms with E-state index in [2.05, 4.69) is 28.6 Å². The fourth-order valence-corrected chi connectivity index (χ4v) is 4.76. The third-order valence-corrected chi connectivity index (χ3v) is 6.50. The van der Waals surface area contributed by atoms with Gasteiger partial charge in [0.15, 0.2) is 0 Å². The Hall–Kier alpha value is -2.78. The minimum absolute atomic E-state index is 0.535. The molecule has 0 aliphatic rings. The first kappa shape index (κ1) is 21.5. The first-order chi connectivity index (χ1) is 15.1. The SMILES string of the molecule is COc1cc(OCCCSC)ccc1-c1c(C)sc2cnc(Nc3cnn(C)c3)nc12. The molecule has 4 aromatic rings. The Morgan fingerprint density at radius 2 is 2.13 bits per heavy atom. The summed E-state index contributed by atoms with van der Waals surface area (Å²) in [4.78, 5) is 10.4. The van der Waals surface area contributed by atoms with Gasteiger partial charge in [-0.1, -0.05) is 0 Å². The van der Waals surface area contributed by atoms with Crippen molar-refractivity contribution < 1.29 is 9.47 Å². The molecule has 0 unspecified atom stereocenters. The number of thioether (sulfide) groups is 1. The van der Waals surface area contributed by atoms with Gasteiger partial charge < -0.3 is 14.8 Å². The molecule has 0 saturated heterocycles. The maximum Gasteiger partial charge on any atom is 0.227 e. The van der Waals surface area contributed by atoms with E-state index in [1.165, 1.54) is 0 Å². The van der Waals surface area contributed by atoms with Gasteiger partial charge in [-0.2, -0.15) is 16.9 Å². The van der Waals surface area contributed by atoms with Crippen molar-refractivity contribution >= 4 is 45.0 Å². The molecule has 3 heterocycles. The minimum Gasteiger partial charge on any atom is -0.496 e. The van der Waals surface area contributed by atoms with Crippen molar-refractivity contribution in [2.75, 3.05) is 31.0 Å². The van der Waals surface area contributed by atoms with Crippen LogP contribution in [0.5, 0.6) is 11.5 Å². The molecule has 0 fully saturated rings. The Morgan fingerprint density at radius 3 is 2.87 bits per heavy atom. The molecule has 0 atom stereocenters. The molecule has 0 aliphatic heterocycles. The van der Waals surface area contributed by atoms with E-state index in [0.29, 0.717) is 12.6 Å². The van der Waals surface area contributed by atoms with Crippen LogP contribution in [0.4, 0.5) is 11.6 Å². The number of hydrogen-bond acceptors (Lipinski definition) is 8. The van der Waals surface area contributed by atoms with E-state index >= 15 is 0 Å². The van der Waals surface area contributed by atoms with Crippen LogP contribution in [0, 0.1) is 6.92 Å². The molecule has 0 radical (unpaired) electrons. The number of thiophene rings is 1. The molecular weight excluding hydrogens is 430 g/mol. The quantitative estimate of drug-likeness (QED) is 0.344. The maximum absolute atomic E-state index is 5.89. The minimum atomic E-state index is 0.535. The number of aryl methyl sites for hydroxylation is 2. The zero-order valence-electron chi connectivity index (χ0n) is 18.0. The summed E-state index contributed by atoms with van der Waals surface area (Å²) in [6.07, 6.45) is 8.61. The zero-order valence-corrected chi connectivity index (χ0v) is 19.6. The van der Waals surface area contributed by atoms with Crippen LogP contribution in [-0.4, -0.2) is 45.5 Å². The lowest BCUT2D eigenvalue weighted by Crippen LogP contribution is -1.99. The number of hydrogen-bond donors (Lipinski definition) is 1. The predicted molar refractivity (Wildman–Crippen MR) is 129 cm³/mol. The predicted octanol–water partition coefficient (Wildman–Crippen LogP) is 5.28. The highest BCUT2D eigenvalue weighted by Crippen LogP contribution is 2.42. The number of aromatic nitrogens is 4. The number of fused-ring (bicyclic) bond motifs is 1. The second-order valence-electron chi connectivity index (χ2n) is 7.02. The van der Waals surface area contributed by atoms with E-state index in [-0.39, 0.29) is 0 Å². The van der Waals surface area contributed by atoms with Crippen molar-refractivity contribution in [3.8, 4) is 22.6 Å². The Balaban J connectivity index is 1.67. The molecule has 1 aromatic carbocycles. The van der Waals surface area contributed by atoms with Crippen LogP contribution in [0.25, 0.3) is 21.3 Å². The molecule has 31 heavy (non-hydrogen) atoms. The normalized spacial score (nSPS) is 11.1. The fraction of sp³-hybridized carbons (Fsp3) is 0.318. The highest BCUT2D eigenvalue weighted by atomic mass is 32.2. The monoisotopic (exact) mass is 455 g/mol. The van der Waals surface area contributed by atoms with Crippen molar-refractivity contribution in [2.24, 2.45) is 7.05 Å². The average molecular weight is 456 g/mol.